The summed E-state index contributed by atoms with van der Waals surface area (Å²) in [4.78, 5) is 0. The molecule has 0 radical (unpaired) electrons. The zero-order valence-electron chi connectivity index (χ0n) is 34.3. The number of hydrogen-bond acceptors (Lipinski definition) is 0. The van der Waals surface area contributed by atoms with Crippen LogP contribution in [0.15, 0.2) is 211 Å². The van der Waals surface area contributed by atoms with Crippen molar-refractivity contribution in [2.24, 2.45) is 11.8 Å². The fraction of sp³-hybridized carbons (Fsp3) is 0.158. The normalized spacial score (nSPS) is 15.8. The molecule has 0 heterocycles. The molecule has 0 heteroatoms. The third-order valence-electron chi connectivity index (χ3n) is 11.9. The van der Waals surface area contributed by atoms with E-state index in [4.69, 9.17) is 0 Å². The Bertz CT molecular complexity index is 2500. The topological polar surface area (TPSA) is 0 Å². The molecule has 57 heavy (non-hydrogen) atoms. The Morgan fingerprint density at radius 1 is 0.579 bits per heavy atom. The fourth-order valence-electron chi connectivity index (χ4n) is 8.65. The summed E-state index contributed by atoms with van der Waals surface area (Å²) in [5.41, 5.74) is 20.3. The van der Waals surface area contributed by atoms with Crippen LogP contribution in [-0.2, 0) is 0 Å². The zero-order chi connectivity index (χ0) is 39.9. The highest BCUT2D eigenvalue weighted by atomic mass is 14.5. The highest BCUT2D eigenvalue weighted by Crippen LogP contribution is 2.57. The molecule has 0 N–H and O–H groups in total. The summed E-state index contributed by atoms with van der Waals surface area (Å²) in [7, 11) is 0. The van der Waals surface area contributed by atoms with Gasteiger partial charge in [0, 0.05) is 5.92 Å². The van der Waals surface area contributed by atoms with Crippen LogP contribution in [0.4, 0.5) is 0 Å². The summed E-state index contributed by atoms with van der Waals surface area (Å²) in [6.07, 6.45) is 10.6. The molecule has 0 aromatic heterocycles. The van der Waals surface area contributed by atoms with Crippen molar-refractivity contribution in [3.05, 3.63) is 234 Å². The highest BCUT2D eigenvalue weighted by Gasteiger charge is 2.43. The number of allylic oxidation sites excluding steroid dienone is 11. The van der Waals surface area contributed by atoms with Gasteiger partial charge in [-0.05, 0) is 131 Å². The van der Waals surface area contributed by atoms with E-state index in [0.717, 1.165) is 11.1 Å². The Kier molecular flexibility index (Phi) is 12.1. The van der Waals surface area contributed by atoms with Gasteiger partial charge < -0.3 is 0 Å². The molecule has 6 aromatic carbocycles. The average Bonchev–Trinajstić information content (AvgIpc) is 3.92. The van der Waals surface area contributed by atoms with Crippen LogP contribution in [-0.4, -0.2) is 0 Å². The van der Waals surface area contributed by atoms with Crippen molar-refractivity contribution in [1.82, 2.24) is 0 Å². The molecule has 7 rings (SSSR count). The Hall–Kier alpha value is -6.24. The zero-order valence-corrected chi connectivity index (χ0v) is 34.3. The first-order valence-electron chi connectivity index (χ1n) is 20.3. The maximum atomic E-state index is 4.55. The Morgan fingerprint density at radius 2 is 1.16 bits per heavy atom. The third kappa shape index (κ3) is 8.47. The van der Waals surface area contributed by atoms with Gasteiger partial charge in [0.25, 0.3) is 0 Å². The second-order valence-corrected chi connectivity index (χ2v) is 15.5. The molecule has 3 unspecified atom stereocenters. The van der Waals surface area contributed by atoms with Crippen LogP contribution in [0.3, 0.4) is 0 Å². The Balaban J connectivity index is 1.43. The molecular formula is C57H54. The molecule has 0 aliphatic heterocycles. The SMILES string of the molecule is C=C(C)/C(=C\C=C/C=CC)c1cc(/C(C)=C(\C)C(C2C(C)=C2c2ccccc2)C(C)c2ccccc2)ccc1-c1cc(-c2ccccc2)ccc1-c1ccccc1. The van der Waals surface area contributed by atoms with E-state index in [9.17, 15) is 0 Å². The van der Waals surface area contributed by atoms with E-state index in [2.05, 4.69) is 229 Å². The molecule has 0 bridgehead atoms. The first kappa shape index (κ1) is 39.0. The lowest BCUT2D eigenvalue weighted by Gasteiger charge is -2.29. The summed E-state index contributed by atoms with van der Waals surface area (Å²) in [5.74, 6) is 1.05. The molecule has 0 saturated heterocycles. The van der Waals surface area contributed by atoms with E-state index in [1.807, 2.05) is 6.92 Å². The predicted molar refractivity (Wildman–Crippen MR) is 249 cm³/mol. The van der Waals surface area contributed by atoms with Crippen molar-refractivity contribution in [2.45, 2.75) is 47.5 Å². The molecule has 0 saturated carbocycles. The lowest BCUT2D eigenvalue weighted by atomic mass is 9.75. The first-order valence-corrected chi connectivity index (χ1v) is 20.3. The minimum absolute atomic E-state index is 0.317. The Labute approximate surface area is 341 Å². The number of rotatable bonds is 13. The van der Waals surface area contributed by atoms with E-state index in [1.54, 1.807) is 0 Å². The van der Waals surface area contributed by atoms with Crippen LogP contribution in [0.1, 0.15) is 69.7 Å². The van der Waals surface area contributed by atoms with Gasteiger partial charge in [0.2, 0.25) is 0 Å². The van der Waals surface area contributed by atoms with Gasteiger partial charge in [-0.2, -0.15) is 0 Å². The van der Waals surface area contributed by atoms with E-state index < -0.39 is 0 Å². The van der Waals surface area contributed by atoms with Crippen molar-refractivity contribution in [3.8, 4) is 33.4 Å². The molecule has 3 atom stereocenters. The lowest BCUT2D eigenvalue weighted by molar-refractivity contribution is 0.477. The molecule has 0 spiro atoms. The summed E-state index contributed by atoms with van der Waals surface area (Å²) in [5, 5.41) is 0. The van der Waals surface area contributed by atoms with E-state index in [0.29, 0.717) is 17.8 Å². The third-order valence-corrected chi connectivity index (χ3v) is 11.9. The molecule has 282 valence electrons. The van der Waals surface area contributed by atoms with Gasteiger partial charge in [0.1, 0.15) is 0 Å². The second kappa shape index (κ2) is 17.7. The van der Waals surface area contributed by atoms with Crippen LogP contribution in [0, 0.1) is 11.8 Å². The predicted octanol–water partition coefficient (Wildman–Crippen LogP) is 16.1. The van der Waals surface area contributed by atoms with Crippen LogP contribution in [0.5, 0.6) is 0 Å². The summed E-state index contributed by atoms with van der Waals surface area (Å²) < 4.78 is 0. The number of hydrogen-bond donors (Lipinski definition) is 0. The maximum absolute atomic E-state index is 4.55. The standard InChI is InChI=1S/C57H54/c1-8-9-10-23-32-50(39(2)3)53-37-48(33-36-52(53)54-38-49(45-26-17-12-18-27-45)34-35-51(54)46-28-19-13-20-29-46)40(4)41(5)55(42(6)44-24-15-11-16-25-44)57-43(7)56(57)47-30-21-14-22-31-47/h8-38,42,55,57H,2H2,1,3-7H3/b9-8?,23-10-,41-40+,50-32+. The lowest BCUT2D eigenvalue weighted by Crippen LogP contribution is -2.17. The summed E-state index contributed by atoms with van der Waals surface area (Å²) in [6, 6.07) is 57.6. The largest absolute Gasteiger partial charge is 0.0955 e. The summed E-state index contributed by atoms with van der Waals surface area (Å²) >= 11 is 0. The minimum atomic E-state index is 0.317. The minimum Gasteiger partial charge on any atom is -0.0955 e. The molecule has 1 aliphatic carbocycles. The molecule has 0 amide bonds. The van der Waals surface area contributed by atoms with Gasteiger partial charge >= 0.3 is 0 Å². The molecule has 0 nitrogen and oxygen atoms in total. The van der Waals surface area contributed by atoms with Crippen LogP contribution in [0.25, 0.3) is 50.1 Å². The van der Waals surface area contributed by atoms with Crippen LogP contribution in [0.2, 0.25) is 0 Å². The van der Waals surface area contributed by atoms with E-state index in [1.165, 1.54) is 77.9 Å². The average molecular weight is 739 g/mol. The van der Waals surface area contributed by atoms with Gasteiger partial charge in [-0.15, -0.1) is 0 Å². The van der Waals surface area contributed by atoms with Gasteiger partial charge in [-0.25, -0.2) is 0 Å². The van der Waals surface area contributed by atoms with Crippen molar-refractivity contribution in [3.63, 3.8) is 0 Å². The molecule has 0 fully saturated rings. The van der Waals surface area contributed by atoms with E-state index >= 15 is 0 Å². The van der Waals surface area contributed by atoms with Crippen molar-refractivity contribution < 1.29 is 0 Å². The van der Waals surface area contributed by atoms with E-state index in [-0.39, 0.29) is 0 Å². The van der Waals surface area contributed by atoms with Gasteiger partial charge in [0.15, 0.2) is 0 Å². The maximum Gasteiger partial charge on any atom is 0.0129 e. The van der Waals surface area contributed by atoms with Crippen molar-refractivity contribution >= 4 is 16.7 Å². The monoisotopic (exact) mass is 738 g/mol. The van der Waals surface area contributed by atoms with Gasteiger partial charge in [0.05, 0.1) is 0 Å². The second-order valence-electron chi connectivity index (χ2n) is 15.5. The summed E-state index contributed by atoms with van der Waals surface area (Å²) in [6.45, 7) is 18.2. The highest BCUT2D eigenvalue weighted by molar-refractivity contribution is 5.96. The molecule has 6 aromatic rings. The fourth-order valence-corrected chi connectivity index (χ4v) is 8.65. The first-order chi connectivity index (χ1) is 27.8. The molecular weight excluding hydrogens is 685 g/mol. The quantitative estimate of drug-likeness (QED) is 0.104. The van der Waals surface area contributed by atoms with Crippen LogP contribution < -0.4 is 0 Å². The van der Waals surface area contributed by atoms with Crippen molar-refractivity contribution in [2.75, 3.05) is 0 Å². The van der Waals surface area contributed by atoms with Gasteiger partial charge in [-0.1, -0.05) is 206 Å². The Morgan fingerprint density at radius 3 is 1.77 bits per heavy atom. The smallest absolute Gasteiger partial charge is 0.0129 e. The van der Waals surface area contributed by atoms with Gasteiger partial charge in [-0.3, -0.25) is 0 Å². The number of benzene rings is 6. The van der Waals surface area contributed by atoms with Crippen LogP contribution >= 0.6 is 0 Å². The molecule has 1 aliphatic rings. The van der Waals surface area contributed by atoms with Crippen molar-refractivity contribution in [1.29, 1.82) is 0 Å².